The fourth-order valence-electron chi connectivity index (χ4n) is 2.17. The first-order chi connectivity index (χ1) is 8.97. The quantitative estimate of drug-likeness (QED) is 0.860. The highest BCUT2D eigenvalue weighted by Crippen LogP contribution is 2.28. The Bertz CT molecular complexity index is 595. The highest BCUT2D eigenvalue weighted by atomic mass is 19.1. The molecule has 3 heteroatoms. The van der Waals surface area contributed by atoms with Crippen LogP contribution >= 0.6 is 0 Å². The van der Waals surface area contributed by atoms with Crippen molar-refractivity contribution in [3.8, 4) is 5.75 Å². The Morgan fingerprint density at radius 3 is 2.47 bits per heavy atom. The van der Waals surface area contributed by atoms with Gasteiger partial charge in [0.2, 0.25) is 0 Å². The van der Waals surface area contributed by atoms with Gasteiger partial charge in [-0.3, -0.25) is 0 Å². The summed E-state index contributed by atoms with van der Waals surface area (Å²) in [6.07, 6.45) is 0. The van der Waals surface area contributed by atoms with Gasteiger partial charge in [0.05, 0.1) is 6.04 Å². The van der Waals surface area contributed by atoms with Crippen LogP contribution in [0.15, 0.2) is 36.4 Å². The lowest BCUT2D eigenvalue weighted by Gasteiger charge is -2.18. The minimum atomic E-state index is -0.431. The van der Waals surface area contributed by atoms with Crippen molar-refractivity contribution in [1.82, 2.24) is 0 Å². The van der Waals surface area contributed by atoms with Crippen molar-refractivity contribution in [3.05, 3.63) is 58.9 Å². The van der Waals surface area contributed by atoms with Crippen molar-refractivity contribution in [2.75, 3.05) is 5.32 Å². The second-order valence-corrected chi connectivity index (χ2v) is 4.89. The first-order valence-electron chi connectivity index (χ1n) is 6.29. The molecule has 0 saturated carbocycles. The second-order valence-electron chi connectivity index (χ2n) is 4.89. The monoisotopic (exact) mass is 259 g/mol. The summed E-state index contributed by atoms with van der Waals surface area (Å²) in [5.74, 6) is -0.454. The third kappa shape index (κ3) is 3.05. The number of hydrogen-bond donors (Lipinski definition) is 2. The third-order valence-corrected chi connectivity index (χ3v) is 3.21. The van der Waals surface area contributed by atoms with Crippen molar-refractivity contribution in [3.63, 3.8) is 0 Å². The van der Waals surface area contributed by atoms with E-state index in [1.165, 1.54) is 11.6 Å². The van der Waals surface area contributed by atoms with Crippen LogP contribution in [0.1, 0.15) is 29.7 Å². The normalized spacial score (nSPS) is 12.2. The van der Waals surface area contributed by atoms with E-state index in [1.54, 1.807) is 6.07 Å². The molecule has 0 spiro atoms. The molecule has 0 heterocycles. The lowest BCUT2D eigenvalue weighted by molar-refractivity contribution is 0.459. The summed E-state index contributed by atoms with van der Waals surface area (Å²) in [5, 5.41) is 13.1. The molecule has 2 N–H and O–H groups in total. The number of benzene rings is 2. The molecule has 0 fully saturated rings. The second kappa shape index (κ2) is 5.31. The largest absolute Gasteiger partial charge is 0.507 e. The Morgan fingerprint density at radius 2 is 1.84 bits per heavy atom. The predicted octanol–water partition coefficient (Wildman–Crippen LogP) is 4.32. The highest BCUT2D eigenvalue weighted by Gasteiger charge is 2.11. The van der Waals surface area contributed by atoms with E-state index in [4.69, 9.17) is 0 Å². The maximum Gasteiger partial charge on any atom is 0.126 e. The van der Waals surface area contributed by atoms with Crippen molar-refractivity contribution in [1.29, 1.82) is 0 Å². The van der Waals surface area contributed by atoms with E-state index in [1.807, 2.05) is 32.9 Å². The van der Waals surface area contributed by atoms with Crippen molar-refractivity contribution in [2.45, 2.75) is 26.8 Å². The van der Waals surface area contributed by atoms with Gasteiger partial charge in [0.1, 0.15) is 11.6 Å². The number of nitrogens with one attached hydrogen (secondary N) is 1. The third-order valence-electron chi connectivity index (χ3n) is 3.21. The zero-order valence-electron chi connectivity index (χ0n) is 11.4. The Morgan fingerprint density at radius 1 is 1.11 bits per heavy atom. The van der Waals surface area contributed by atoms with Gasteiger partial charge in [-0.05, 0) is 38.5 Å². The number of rotatable bonds is 3. The summed E-state index contributed by atoms with van der Waals surface area (Å²) in [7, 11) is 0. The summed E-state index contributed by atoms with van der Waals surface area (Å²) in [4.78, 5) is 0. The van der Waals surface area contributed by atoms with Crippen LogP contribution in [0.3, 0.4) is 0 Å². The van der Waals surface area contributed by atoms with E-state index < -0.39 is 5.82 Å². The summed E-state index contributed by atoms with van der Waals surface area (Å²) in [5.41, 5.74) is 4.05. The van der Waals surface area contributed by atoms with Crippen molar-refractivity contribution < 1.29 is 9.50 Å². The van der Waals surface area contributed by atoms with Crippen LogP contribution in [-0.2, 0) is 0 Å². The molecule has 0 aliphatic rings. The molecule has 19 heavy (non-hydrogen) atoms. The number of phenolic OH excluding ortho intramolecular Hbond substituents is 1. The van der Waals surface area contributed by atoms with E-state index in [-0.39, 0.29) is 11.8 Å². The maximum atomic E-state index is 13.0. The Labute approximate surface area is 112 Å². The molecule has 2 aromatic rings. The van der Waals surface area contributed by atoms with E-state index >= 15 is 0 Å². The number of phenols is 1. The Hall–Kier alpha value is -2.03. The molecule has 100 valence electrons. The molecule has 0 aromatic heterocycles. The lowest BCUT2D eigenvalue weighted by atomic mass is 10.1. The van der Waals surface area contributed by atoms with Gasteiger partial charge >= 0.3 is 0 Å². The average molecular weight is 259 g/mol. The minimum Gasteiger partial charge on any atom is -0.507 e. The first kappa shape index (κ1) is 13.4. The average Bonchev–Trinajstić information content (AvgIpc) is 2.32. The molecule has 1 unspecified atom stereocenters. The summed E-state index contributed by atoms with van der Waals surface area (Å²) < 4.78 is 13.0. The van der Waals surface area contributed by atoms with Gasteiger partial charge in [0.15, 0.2) is 0 Å². The molecule has 2 nitrogen and oxygen atoms in total. The van der Waals surface area contributed by atoms with Gasteiger partial charge in [-0.2, -0.15) is 0 Å². The molecule has 0 saturated heterocycles. The van der Waals surface area contributed by atoms with Crippen LogP contribution in [0.5, 0.6) is 5.75 Å². The molecule has 0 radical (unpaired) electrons. The number of halogens is 1. The lowest BCUT2D eigenvalue weighted by Crippen LogP contribution is -2.08. The van der Waals surface area contributed by atoms with Gasteiger partial charge in [-0.25, -0.2) is 4.39 Å². The van der Waals surface area contributed by atoms with Crippen LogP contribution in [0, 0.1) is 19.7 Å². The summed E-state index contributed by atoms with van der Waals surface area (Å²) >= 11 is 0. The number of anilines is 1. The number of aryl methyl sites for hydroxylation is 2. The van der Waals surface area contributed by atoms with Gasteiger partial charge in [-0.15, -0.1) is 0 Å². The zero-order valence-corrected chi connectivity index (χ0v) is 11.4. The van der Waals surface area contributed by atoms with E-state index in [9.17, 15) is 9.50 Å². The SMILES string of the molecule is Cc1ccc(NC(C)c2ccc(F)cc2O)c(C)c1. The van der Waals surface area contributed by atoms with Crippen molar-refractivity contribution >= 4 is 5.69 Å². The summed E-state index contributed by atoms with van der Waals surface area (Å²) in [6.45, 7) is 6.02. The molecular formula is C16H18FNO. The molecule has 0 aliphatic carbocycles. The van der Waals surface area contributed by atoms with Crippen LogP contribution in [-0.4, -0.2) is 5.11 Å². The van der Waals surface area contributed by atoms with Crippen LogP contribution < -0.4 is 5.32 Å². The molecule has 1 atom stereocenters. The Kier molecular flexibility index (Phi) is 3.74. The topological polar surface area (TPSA) is 32.3 Å². The molecule has 2 aromatic carbocycles. The molecule has 0 amide bonds. The van der Waals surface area contributed by atoms with Crippen LogP contribution in [0.2, 0.25) is 0 Å². The summed E-state index contributed by atoms with van der Waals surface area (Å²) in [6, 6.07) is 10.1. The fourth-order valence-corrected chi connectivity index (χ4v) is 2.17. The number of aromatic hydroxyl groups is 1. The molecular weight excluding hydrogens is 241 g/mol. The van der Waals surface area contributed by atoms with Crippen molar-refractivity contribution in [2.24, 2.45) is 0 Å². The van der Waals surface area contributed by atoms with Gasteiger partial charge in [-0.1, -0.05) is 23.8 Å². The molecule has 0 bridgehead atoms. The van der Waals surface area contributed by atoms with Gasteiger partial charge < -0.3 is 10.4 Å². The van der Waals surface area contributed by atoms with E-state index in [0.29, 0.717) is 5.56 Å². The highest BCUT2D eigenvalue weighted by molar-refractivity contribution is 5.54. The minimum absolute atomic E-state index is 0.0234. The predicted molar refractivity (Wildman–Crippen MR) is 76.0 cm³/mol. The standard InChI is InChI=1S/C16H18FNO/c1-10-4-7-15(11(2)8-10)18-12(3)14-6-5-13(17)9-16(14)19/h4-9,12,18-19H,1-3H3. The van der Waals surface area contributed by atoms with Crippen LogP contribution in [0.4, 0.5) is 10.1 Å². The van der Waals surface area contributed by atoms with E-state index in [0.717, 1.165) is 17.3 Å². The smallest absolute Gasteiger partial charge is 0.126 e. The Balaban J connectivity index is 2.23. The number of hydrogen-bond acceptors (Lipinski definition) is 2. The van der Waals surface area contributed by atoms with E-state index in [2.05, 4.69) is 11.4 Å². The maximum absolute atomic E-state index is 13.0. The first-order valence-corrected chi connectivity index (χ1v) is 6.29. The van der Waals surface area contributed by atoms with Crippen LogP contribution in [0.25, 0.3) is 0 Å². The molecule has 0 aliphatic heterocycles. The zero-order chi connectivity index (χ0) is 14.0. The van der Waals surface area contributed by atoms with Gasteiger partial charge in [0.25, 0.3) is 0 Å². The fraction of sp³-hybridized carbons (Fsp3) is 0.250. The van der Waals surface area contributed by atoms with Gasteiger partial charge in [0, 0.05) is 17.3 Å². The molecule has 2 rings (SSSR count).